The second kappa shape index (κ2) is 27.5. The van der Waals surface area contributed by atoms with Gasteiger partial charge < -0.3 is 51.5 Å². The number of aliphatic hydroxyl groups excluding tert-OH is 1. The van der Waals surface area contributed by atoms with Crippen LogP contribution in [0.2, 0.25) is 0 Å². The maximum absolute atomic E-state index is 14.5. The highest BCUT2D eigenvalue weighted by molar-refractivity contribution is 5.93. The number of aromatic nitrogens is 3. The fourth-order valence-electron chi connectivity index (χ4n) is 9.24. The van der Waals surface area contributed by atoms with Crippen molar-refractivity contribution >= 4 is 40.6 Å². The van der Waals surface area contributed by atoms with Crippen molar-refractivity contribution in [2.75, 3.05) is 26.7 Å². The van der Waals surface area contributed by atoms with E-state index in [1.807, 2.05) is 24.3 Å². The summed E-state index contributed by atoms with van der Waals surface area (Å²) in [5.41, 5.74) is 5.97. The lowest BCUT2D eigenvalue weighted by Crippen LogP contribution is -2.62. The van der Waals surface area contributed by atoms with Crippen LogP contribution in [0.4, 0.5) is 4.79 Å². The number of H-pyrrole nitrogens is 2. The maximum Gasteiger partial charge on any atom is 0.330 e. The number of likely N-dealkylation sites (N-methyl/N-ethyl adjacent to an activating group) is 1. The fraction of sp³-hybridized carbons (Fsp3) is 0.653. The second-order valence-electron chi connectivity index (χ2n) is 18.5. The van der Waals surface area contributed by atoms with Crippen molar-refractivity contribution in [3.8, 4) is 0 Å². The molecule has 1 saturated heterocycles. The van der Waals surface area contributed by atoms with E-state index < -0.39 is 83.6 Å². The number of carbonyl (C=O) groups excluding carboxylic acids is 5. The van der Waals surface area contributed by atoms with Crippen molar-refractivity contribution in [2.24, 2.45) is 11.7 Å². The van der Waals surface area contributed by atoms with Crippen LogP contribution in [0.3, 0.4) is 0 Å². The van der Waals surface area contributed by atoms with E-state index in [0.717, 1.165) is 78.5 Å². The van der Waals surface area contributed by atoms with E-state index in [9.17, 15) is 38.7 Å². The van der Waals surface area contributed by atoms with Crippen molar-refractivity contribution < 1.29 is 38.6 Å². The van der Waals surface area contributed by atoms with Crippen molar-refractivity contribution in [3.63, 3.8) is 0 Å². The van der Waals surface area contributed by atoms with Crippen LogP contribution in [0.5, 0.6) is 0 Å². The largest absolute Gasteiger partial charge is 0.464 e. The average Bonchev–Trinajstić information content (AvgIpc) is 3.92. The quantitative estimate of drug-likeness (QED) is 0.0402. The van der Waals surface area contributed by atoms with Gasteiger partial charge in [-0.2, -0.15) is 0 Å². The summed E-state index contributed by atoms with van der Waals surface area (Å²) in [5.74, 6) is -2.35. The van der Waals surface area contributed by atoms with Gasteiger partial charge in [-0.1, -0.05) is 115 Å². The van der Waals surface area contributed by atoms with Crippen molar-refractivity contribution in [3.05, 3.63) is 69.1 Å². The summed E-state index contributed by atoms with van der Waals surface area (Å²) in [6.45, 7) is 3.51. The molecule has 2 aromatic heterocycles. The Morgan fingerprint density at radius 1 is 0.912 bits per heavy atom. The minimum Gasteiger partial charge on any atom is -0.464 e. The van der Waals surface area contributed by atoms with Crippen LogP contribution < -0.4 is 38.2 Å². The highest BCUT2D eigenvalue weighted by Crippen LogP contribution is 2.29. The fourth-order valence-corrected chi connectivity index (χ4v) is 9.24. The van der Waals surface area contributed by atoms with Gasteiger partial charge in [0.2, 0.25) is 17.7 Å². The molecule has 19 nitrogen and oxygen atoms in total. The normalized spacial score (nSPS) is 19.1. The average molecular weight is 950 g/mol. The van der Waals surface area contributed by atoms with E-state index in [0.29, 0.717) is 6.42 Å². The number of hydrogen-bond acceptors (Lipinski definition) is 11. The molecular weight excluding hydrogens is 875 g/mol. The van der Waals surface area contributed by atoms with Crippen LogP contribution in [-0.2, 0) is 35.1 Å². The van der Waals surface area contributed by atoms with Gasteiger partial charge in [0.25, 0.3) is 5.56 Å². The predicted molar refractivity (Wildman–Crippen MR) is 257 cm³/mol. The molecule has 0 unspecified atom stereocenters. The van der Waals surface area contributed by atoms with Gasteiger partial charge in [0, 0.05) is 55.8 Å². The third-order valence-electron chi connectivity index (χ3n) is 13.4. The van der Waals surface area contributed by atoms with Crippen LogP contribution in [0.25, 0.3) is 10.9 Å². The predicted octanol–water partition coefficient (Wildman–Crippen LogP) is 3.79. The van der Waals surface area contributed by atoms with E-state index >= 15 is 0 Å². The monoisotopic (exact) mass is 950 g/mol. The van der Waals surface area contributed by atoms with Crippen LogP contribution in [0, 0.1) is 5.92 Å². The summed E-state index contributed by atoms with van der Waals surface area (Å²) >= 11 is 0. The standard InChI is InChI=1S/C49H75N9O10/c1-4-5-6-7-8-9-10-11-12-18-25-67-47(64)39(27-34-30-51-37-22-17-16-21-36(34)37)54-48(65)53-38(26-33-19-14-13-15-20-33)44(62)56-43(32(2)57(3)42(61)29-50)45(63)52-31-35-28-40(59)46(68-35)58-24-23-41(60)55-49(58)66/h16-17,21-24,30,32-33,35,38-40,43,46,51,59H,4-15,18-20,25-29,31,50H2,1-3H3,(H,52,63)(H,56,62)(H2,53,54,65)(H,55,60,66)/t32-,35+,38-,39-,40+,43-,46+/m0/s1. The molecule has 1 aromatic carbocycles. The number of hydrogen-bond donors (Lipinski definition) is 8. The Labute approximate surface area is 398 Å². The first-order valence-corrected chi connectivity index (χ1v) is 24.8. The summed E-state index contributed by atoms with van der Waals surface area (Å²) in [6.07, 6.45) is 16.4. The Bertz CT molecular complexity index is 2200. The zero-order valence-electron chi connectivity index (χ0n) is 40.1. The van der Waals surface area contributed by atoms with Crippen LogP contribution in [0.15, 0.2) is 52.3 Å². The molecule has 0 spiro atoms. The van der Waals surface area contributed by atoms with Crippen molar-refractivity contribution in [1.29, 1.82) is 0 Å². The summed E-state index contributed by atoms with van der Waals surface area (Å²) in [5, 5.41) is 22.8. The Kier molecular flexibility index (Phi) is 21.6. The number of carbonyl (C=O) groups is 5. The number of benzene rings is 1. The van der Waals surface area contributed by atoms with Crippen LogP contribution >= 0.6 is 0 Å². The molecule has 0 bridgehead atoms. The number of fused-ring (bicyclic) bond motifs is 1. The van der Waals surface area contributed by atoms with Gasteiger partial charge in [0.05, 0.1) is 25.3 Å². The van der Waals surface area contributed by atoms with E-state index in [4.69, 9.17) is 15.2 Å². The molecule has 5 amide bonds. The molecule has 1 aliphatic carbocycles. The zero-order chi connectivity index (χ0) is 49.0. The number of esters is 1. The molecule has 5 rings (SSSR count). The first-order valence-electron chi connectivity index (χ1n) is 24.8. The molecule has 2 fully saturated rings. The highest BCUT2D eigenvalue weighted by Gasteiger charge is 2.39. The summed E-state index contributed by atoms with van der Waals surface area (Å²) < 4.78 is 12.7. The topological polar surface area (TPSA) is 272 Å². The second-order valence-corrected chi connectivity index (χ2v) is 18.5. The lowest BCUT2D eigenvalue weighted by Gasteiger charge is -2.33. The Hall–Kier alpha value is -5.53. The Balaban J connectivity index is 1.27. The number of nitrogens with two attached hydrogens (primary N) is 1. The minimum absolute atomic E-state index is 0.0330. The van der Waals surface area contributed by atoms with Gasteiger partial charge in [-0.25, -0.2) is 14.4 Å². The lowest BCUT2D eigenvalue weighted by molar-refractivity contribution is -0.146. The summed E-state index contributed by atoms with van der Waals surface area (Å²) in [6, 6.07) is 3.51. The van der Waals surface area contributed by atoms with Crippen molar-refractivity contribution in [1.82, 2.24) is 40.7 Å². The minimum atomic E-state index is -1.35. The number of aromatic amines is 2. The summed E-state index contributed by atoms with van der Waals surface area (Å²) in [4.78, 5) is 99.8. The number of urea groups is 1. The number of rotatable bonds is 27. The third kappa shape index (κ3) is 16.0. The molecule has 1 aliphatic heterocycles. The number of amides is 5. The van der Waals surface area contributed by atoms with Crippen LogP contribution in [0.1, 0.15) is 135 Å². The molecule has 9 N–H and O–H groups in total. The molecule has 3 heterocycles. The Morgan fingerprint density at radius 3 is 2.28 bits per heavy atom. The van der Waals surface area contributed by atoms with Gasteiger partial charge in [0.15, 0.2) is 6.23 Å². The first-order chi connectivity index (χ1) is 32.8. The Morgan fingerprint density at radius 2 is 1.59 bits per heavy atom. The maximum atomic E-state index is 14.5. The molecule has 376 valence electrons. The first kappa shape index (κ1) is 53.4. The molecular formula is C49H75N9O10. The van der Waals surface area contributed by atoms with Crippen LogP contribution in [-0.4, -0.2) is 117 Å². The smallest absolute Gasteiger partial charge is 0.330 e. The van der Waals surface area contributed by atoms with Crippen molar-refractivity contribution in [2.45, 2.75) is 172 Å². The number of nitrogens with one attached hydrogen (secondary N) is 6. The van der Waals surface area contributed by atoms with E-state index in [2.05, 4.69) is 38.2 Å². The van der Waals surface area contributed by atoms with E-state index in [1.165, 1.54) is 56.7 Å². The molecule has 3 aromatic rings. The van der Waals surface area contributed by atoms with Gasteiger partial charge in [-0.3, -0.25) is 28.7 Å². The molecule has 1 saturated carbocycles. The number of ether oxygens (including phenoxy) is 2. The number of nitrogens with zero attached hydrogens (tertiary/aromatic N) is 2. The van der Waals surface area contributed by atoms with Gasteiger partial charge in [-0.15, -0.1) is 0 Å². The summed E-state index contributed by atoms with van der Waals surface area (Å²) in [7, 11) is 1.46. The molecule has 7 atom stereocenters. The van der Waals surface area contributed by atoms with E-state index in [-0.39, 0.29) is 44.9 Å². The van der Waals surface area contributed by atoms with Gasteiger partial charge in [-0.05, 0) is 37.3 Å². The lowest BCUT2D eigenvalue weighted by atomic mass is 9.84. The number of aliphatic hydroxyl groups is 1. The molecule has 2 aliphatic rings. The van der Waals surface area contributed by atoms with E-state index in [1.54, 1.807) is 13.1 Å². The molecule has 0 radical (unpaired) electrons. The zero-order valence-corrected chi connectivity index (χ0v) is 40.1. The molecule has 68 heavy (non-hydrogen) atoms. The highest BCUT2D eigenvalue weighted by atomic mass is 16.5. The number of para-hydroxylation sites is 1. The van der Waals surface area contributed by atoms with Gasteiger partial charge in [0.1, 0.15) is 24.2 Å². The SMILES string of the molecule is CCCCCCCCCCCCOC(=O)[C@H](Cc1c[nH]c2ccccc12)NC(=O)N[C@@H](CC1CCCCC1)C(=O)N[C@H](C(=O)NC[C@H]1C[C@@H](O)[C@H](n2ccc(=O)[nH]c2=O)O1)[C@H](C)N(C)C(=O)CN. The molecule has 19 heteroatoms. The van der Waals surface area contributed by atoms with Gasteiger partial charge >= 0.3 is 17.7 Å². The number of unbranched alkanes of at least 4 members (excludes halogenated alkanes) is 9. The third-order valence-corrected chi connectivity index (χ3v) is 13.4.